The summed E-state index contributed by atoms with van der Waals surface area (Å²) >= 11 is 0. The summed E-state index contributed by atoms with van der Waals surface area (Å²) < 4.78 is 2.52. The van der Waals surface area contributed by atoms with Crippen LogP contribution < -0.4 is 4.90 Å². The van der Waals surface area contributed by atoms with E-state index in [-0.39, 0.29) is 10.8 Å². The quantitative estimate of drug-likeness (QED) is 0.168. The zero-order valence-electron chi connectivity index (χ0n) is 37.8. The minimum Gasteiger partial charge on any atom is -0.314 e. The van der Waals surface area contributed by atoms with Crippen LogP contribution in [0.1, 0.15) is 80.3 Å². The number of para-hydroxylation sites is 3. The highest BCUT2D eigenvalue weighted by Crippen LogP contribution is 2.57. The van der Waals surface area contributed by atoms with Crippen LogP contribution in [-0.2, 0) is 17.3 Å². The van der Waals surface area contributed by atoms with Gasteiger partial charge in [0, 0.05) is 38.7 Å². The summed E-state index contributed by atoms with van der Waals surface area (Å²) in [5.41, 5.74) is 26.0. The molecule has 5 aliphatic carbocycles. The van der Waals surface area contributed by atoms with Gasteiger partial charge in [-0.3, -0.25) is 0 Å². The molecule has 0 bridgehead atoms. The zero-order valence-corrected chi connectivity index (χ0v) is 37.8. The highest BCUT2D eigenvalue weighted by molar-refractivity contribution is 6.13. The number of hydrogen-bond acceptors (Lipinski definition) is 1. The lowest BCUT2D eigenvalue weighted by Crippen LogP contribution is -2.29. The first-order chi connectivity index (χ1) is 31.7. The second-order valence-corrected chi connectivity index (χ2v) is 20.0. The number of anilines is 2. The number of fused-ring (bicyclic) bond motifs is 12. The standard InChI is InChI=1S/C63H52N2/c1-39-34-40-18-6-7-19-43(40)52-37-53-50-24-12-17-29-60(50)65(61(53)38-51(39)52)59-28-16-11-23-49(59)48-22-10-15-27-58(48)64(41-30-32-46-44-20-8-13-25-54(44)62(2,3)56(46)35-41)42-31-33-47-45-21-9-14-26-55(45)63(4,5)57(47)36-42/h6-8,10-13,15-33,36-38,56H,1,9,14,34-35H2,2-5H3. The van der Waals surface area contributed by atoms with E-state index in [0.717, 1.165) is 31.4 Å². The molecule has 0 aliphatic heterocycles. The maximum absolute atomic E-state index is 4.65. The van der Waals surface area contributed by atoms with E-state index in [0.29, 0.717) is 5.92 Å². The molecule has 65 heavy (non-hydrogen) atoms. The van der Waals surface area contributed by atoms with E-state index in [1.54, 1.807) is 0 Å². The number of benzene rings is 7. The van der Waals surface area contributed by atoms with Crippen molar-refractivity contribution in [3.63, 3.8) is 0 Å². The average molecular weight is 837 g/mol. The molecule has 0 saturated heterocycles. The number of hydrogen-bond donors (Lipinski definition) is 0. The number of rotatable bonds is 5. The fourth-order valence-electron chi connectivity index (χ4n) is 12.7. The van der Waals surface area contributed by atoms with Crippen molar-refractivity contribution in [3.8, 4) is 27.9 Å². The average Bonchev–Trinajstić information content (AvgIpc) is 3.87. The van der Waals surface area contributed by atoms with Crippen LogP contribution in [0, 0.1) is 5.92 Å². The Morgan fingerprint density at radius 3 is 2.17 bits per heavy atom. The zero-order chi connectivity index (χ0) is 43.8. The Morgan fingerprint density at radius 1 is 0.569 bits per heavy atom. The second-order valence-electron chi connectivity index (χ2n) is 20.0. The van der Waals surface area contributed by atoms with Crippen LogP contribution in [0.5, 0.6) is 0 Å². The van der Waals surface area contributed by atoms with Crippen molar-refractivity contribution in [2.24, 2.45) is 5.92 Å². The van der Waals surface area contributed by atoms with Gasteiger partial charge >= 0.3 is 0 Å². The number of nitrogens with zero attached hydrogens (tertiary/aromatic N) is 2. The third kappa shape index (κ3) is 5.47. The third-order valence-electron chi connectivity index (χ3n) is 15.9. The maximum atomic E-state index is 4.65. The molecule has 2 nitrogen and oxygen atoms in total. The van der Waals surface area contributed by atoms with E-state index in [2.05, 4.69) is 220 Å². The summed E-state index contributed by atoms with van der Waals surface area (Å²) in [5, 5.41) is 2.51. The van der Waals surface area contributed by atoms with Crippen molar-refractivity contribution >= 4 is 49.9 Å². The molecule has 0 spiro atoms. The lowest BCUT2D eigenvalue weighted by atomic mass is 9.73. The summed E-state index contributed by atoms with van der Waals surface area (Å²) in [6, 6.07) is 57.3. The molecule has 0 N–H and O–H groups in total. The third-order valence-corrected chi connectivity index (χ3v) is 15.9. The molecule has 1 aromatic heterocycles. The fourth-order valence-corrected chi connectivity index (χ4v) is 12.7. The van der Waals surface area contributed by atoms with Gasteiger partial charge < -0.3 is 9.47 Å². The molecule has 0 amide bonds. The molecule has 0 radical (unpaired) electrons. The van der Waals surface area contributed by atoms with E-state index in [1.165, 1.54) is 117 Å². The maximum Gasteiger partial charge on any atom is 0.0547 e. The van der Waals surface area contributed by atoms with Crippen molar-refractivity contribution in [2.45, 2.75) is 64.2 Å². The van der Waals surface area contributed by atoms with Crippen LogP contribution in [0.3, 0.4) is 0 Å². The van der Waals surface area contributed by atoms with Crippen LogP contribution in [0.25, 0.3) is 66.5 Å². The molecule has 0 saturated carbocycles. The predicted octanol–water partition coefficient (Wildman–Crippen LogP) is 16.5. The highest BCUT2D eigenvalue weighted by Gasteiger charge is 2.45. The minimum absolute atomic E-state index is 0.00258. The molecule has 1 heterocycles. The Kier molecular flexibility index (Phi) is 8.20. The Morgan fingerprint density at radius 2 is 1.29 bits per heavy atom. The van der Waals surface area contributed by atoms with Crippen molar-refractivity contribution in [1.29, 1.82) is 0 Å². The number of allylic oxidation sites excluding steroid dienone is 9. The molecule has 0 fully saturated rings. The van der Waals surface area contributed by atoms with Crippen molar-refractivity contribution in [2.75, 3.05) is 4.90 Å². The lowest BCUT2D eigenvalue weighted by Gasteiger charge is -2.37. The molecule has 13 rings (SSSR count). The Hall–Kier alpha value is -7.16. The minimum atomic E-state index is -0.0817. The van der Waals surface area contributed by atoms with Crippen LogP contribution in [0.2, 0.25) is 0 Å². The highest BCUT2D eigenvalue weighted by atomic mass is 15.2. The van der Waals surface area contributed by atoms with Gasteiger partial charge in [0.05, 0.1) is 22.4 Å². The first-order valence-electron chi connectivity index (χ1n) is 23.6. The molecule has 5 aliphatic rings. The van der Waals surface area contributed by atoms with Gasteiger partial charge in [-0.1, -0.05) is 162 Å². The monoisotopic (exact) mass is 836 g/mol. The van der Waals surface area contributed by atoms with E-state index in [9.17, 15) is 0 Å². The Balaban J connectivity index is 1.03. The topological polar surface area (TPSA) is 8.17 Å². The van der Waals surface area contributed by atoms with Crippen molar-refractivity contribution in [1.82, 2.24) is 4.57 Å². The predicted molar refractivity (Wildman–Crippen MR) is 275 cm³/mol. The van der Waals surface area contributed by atoms with E-state index < -0.39 is 0 Å². The molecule has 314 valence electrons. The van der Waals surface area contributed by atoms with Crippen LogP contribution in [0.15, 0.2) is 194 Å². The van der Waals surface area contributed by atoms with Crippen LogP contribution >= 0.6 is 0 Å². The van der Waals surface area contributed by atoms with Crippen molar-refractivity contribution < 1.29 is 0 Å². The summed E-state index contributed by atoms with van der Waals surface area (Å²) in [6.45, 7) is 14.4. The molecule has 8 aromatic rings. The van der Waals surface area contributed by atoms with Gasteiger partial charge in [0.2, 0.25) is 0 Å². The number of aromatic nitrogens is 1. The fraction of sp³-hybridized carbons (Fsp3) is 0.175. The molecule has 2 heteroatoms. The molecular weight excluding hydrogens is 785 g/mol. The molecule has 1 atom stereocenters. The van der Waals surface area contributed by atoms with Crippen LogP contribution in [-0.4, -0.2) is 4.57 Å². The largest absolute Gasteiger partial charge is 0.314 e. The summed E-state index contributed by atoms with van der Waals surface area (Å²) in [6.07, 6.45) is 13.8. The first-order valence-corrected chi connectivity index (χ1v) is 23.6. The van der Waals surface area contributed by atoms with Gasteiger partial charge in [-0.2, -0.15) is 0 Å². The van der Waals surface area contributed by atoms with Crippen molar-refractivity contribution in [3.05, 3.63) is 227 Å². The van der Waals surface area contributed by atoms with Gasteiger partial charge in [0.15, 0.2) is 0 Å². The molecule has 7 aromatic carbocycles. The van der Waals surface area contributed by atoms with Crippen LogP contribution in [0.4, 0.5) is 11.4 Å². The Bertz CT molecular complexity index is 3520. The Labute approximate surface area is 382 Å². The van der Waals surface area contributed by atoms with E-state index in [4.69, 9.17) is 0 Å². The molecular formula is C63H52N2. The van der Waals surface area contributed by atoms with E-state index >= 15 is 0 Å². The smallest absolute Gasteiger partial charge is 0.0547 e. The summed E-state index contributed by atoms with van der Waals surface area (Å²) in [4.78, 5) is 2.61. The van der Waals surface area contributed by atoms with E-state index in [1.807, 2.05) is 0 Å². The SMILES string of the molecule is C=C1Cc2ccccc2-c2cc3c4ccccc4n(-c4ccccc4-c4ccccc4N(C4=CC=C5c6ccccc6C(C)(C)C5C4)c4ccc5c(c4)C(C)(C)C4=CCCC=C45)c3cc21. The first kappa shape index (κ1) is 38.3. The summed E-state index contributed by atoms with van der Waals surface area (Å²) in [5.74, 6) is 0.358. The van der Waals surface area contributed by atoms with Gasteiger partial charge in [0.25, 0.3) is 0 Å². The lowest BCUT2D eigenvalue weighted by molar-refractivity contribution is 0.406. The molecule has 1 unspecified atom stereocenters. The van der Waals surface area contributed by atoms with Gasteiger partial charge in [0.1, 0.15) is 0 Å². The van der Waals surface area contributed by atoms with Gasteiger partial charge in [-0.05, 0) is 152 Å². The second kappa shape index (κ2) is 13.9. The van der Waals surface area contributed by atoms with Gasteiger partial charge in [-0.25, -0.2) is 0 Å². The van der Waals surface area contributed by atoms with Gasteiger partial charge in [-0.15, -0.1) is 0 Å². The normalized spacial score (nSPS) is 18.4. The summed E-state index contributed by atoms with van der Waals surface area (Å²) in [7, 11) is 0.